The maximum Gasteiger partial charge on any atom is 0.243 e. The van der Waals surface area contributed by atoms with Gasteiger partial charge in [-0.2, -0.15) is 4.31 Å². The molecule has 2 aromatic rings. The first-order chi connectivity index (χ1) is 11.0. The number of aryl methyl sites for hydroxylation is 2. The van der Waals surface area contributed by atoms with Crippen molar-refractivity contribution in [2.75, 3.05) is 13.1 Å². The van der Waals surface area contributed by atoms with Crippen molar-refractivity contribution in [1.82, 2.24) is 4.31 Å². The van der Waals surface area contributed by atoms with Gasteiger partial charge in [-0.05, 0) is 37.1 Å². The summed E-state index contributed by atoms with van der Waals surface area (Å²) in [6.07, 6.45) is -0.0326. The minimum absolute atomic E-state index is 0.0326. The maximum absolute atomic E-state index is 12.5. The highest BCUT2D eigenvalue weighted by Crippen LogP contribution is 2.24. The number of nitrogens with zero attached hydrogens (tertiary/aromatic N) is 1. The summed E-state index contributed by atoms with van der Waals surface area (Å²) in [4.78, 5) is 0.348. The zero-order valence-corrected chi connectivity index (χ0v) is 14.2. The second kappa shape index (κ2) is 6.43. The first-order valence-corrected chi connectivity index (χ1v) is 9.14. The molecule has 1 aliphatic heterocycles. The van der Waals surface area contributed by atoms with Crippen molar-refractivity contribution < 1.29 is 13.2 Å². The van der Waals surface area contributed by atoms with E-state index in [4.69, 9.17) is 4.74 Å². The molecule has 1 fully saturated rings. The highest BCUT2D eigenvalue weighted by Gasteiger charge is 2.37. The molecule has 2 aromatic carbocycles. The predicted octanol–water partition coefficient (Wildman–Crippen LogP) is 2.89. The summed E-state index contributed by atoms with van der Waals surface area (Å²) in [6, 6.07) is 15.0. The van der Waals surface area contributed by atoms with E-state index in [0.29, 0.717) is 24.6 Å². The molecule has 3 rings (SSSR count). The Labute approximate surface area is 137 Å². The highest BCUT2D eigenvalue weighted by molar-refractivity contribution is 7.89. The summed E-state index contributed by atoms with van der Waals surface area (Å²) in [7, 11) is -3.39. The monoisotopic (exact) mass is 331 g/mol. The molecule has 5 heteroatoms. The van der Waals surface area contributed by atoms with Crippen LogP contribution in [0.3, 0.4) is 0 Å². The molecule has 0 saturated carbocycles. The number of hydrogen-bond donors (Lipinski definition) is 0. The molecule has 0 radical (unpaired) electrons. The van der Waals surface area contributed by atoms with Crippen LogP contribution in [0.25, 0.3) is 0 Å². The molecule has 0 aliphatic carbocycles. The standard InChI is InChI=1S/C18H21NO3S/c1-14-7-9-18(10-8-14)23(20,21)19-11-17(12-19)22-13-16-6-4-3-5-15(16)2/h3-10,17H,11-13H2,1-2H3. The van der Waals surface area contributed by atoms with E-state index < -0.39 is 10.0 Å². The van der Waals surface area contributed by atoms with Gasteiger partial charge in [0.2, 0.25) is 10.0 Å². The lowest BCUT2D eigenvalue weighted by atomic mass is 10.1. The molecule has 0 unspecified atom stereocenters. The largest absolute Gasteiger partial charge is 0.371 e. The van der Waals surface area contributed by atoms with Crippen molar-refractivity contribution in [3.63, 3.8) is 0 Å². The van der Waals surface area contributed by atoms with Crippen LogP contribution >= 0.6 is 0 Å². The van der Waals surface area contributed by atoms with Gasteiger partial charge in [0.15, 0.2) is 0 Å². The topological polar surface area (TPSA) is 46.6 Å². The van der Waals surface area contributed by atoms with Gasteiger partial charge in [-0.3, -0.25) is 0 Å². The Bertz CT molecular complexity index is 778. The molecule has 1 heterocycles. The Balaban J connectivity index is 1.56. The van der Waals surface area contributed by atoms with Gasteiger partial charge >= 0.3 is 0 Å². The van der Waals surface area contributed by atoms with Crippen LogP contribution in [0.15, 0.2) is 53.4 Å². The van der Waals surface area contributed by atoms with Gasteiger partial charge in [0, 0.05) is 13.1 Å². The third-order valence-corrected chi connectivity index (χ3v) is 6.05. The van der Waals surface area contributed by atoms with E-state index in [0.717, 1.165) is 11.1 Å². The summed E-state index contributed by atoms with van der Waals surface area (Å²) in [5.41, 5.74) is 3.38. The second-order valence-electron chi connectivity index (χ2n) is 5.99. The van der Waals surface area contributed by atoms with Gasteiger partial charge in [-0.25, -0.2) is 8.42 Å². The fourth-order valence-electron chi connectivity index (χ4n) is 2.54. The van der Waals surface area contributed by atoms with Gasteiger partial charge in [0.25, 0.3) is 0 Å². The molecule has 0 aromatic heterocycles. The van der Waals surface area contributed by atoms with Gasteiger partial charge in [-0.15, -0.1) is 0 Å². The molecular formula is C18H21NO3S. The molecule has 0 bridgehead atoms. The summed E-state index contributed by atoms with van der Waals surface area (Å²) >= 11 is 0. The average Bonchev–Trinajstić information content (AvgIpc) is 2.47. The Kier molecular flexibility index (Phi) is 4.53. The molecule has 0 N–H and O–H groups in total. The van der Waals surface area contributed by atoms with Crippen LogP contribution in [0.4, 0.5) is 0 Å². The highest BCUT2D eigenvalue weighted by atomic mass is 32.2. The normalized spacial score (nSPS) is 16.3. The third-order valence-electron chi connectivity index (χ3n) is 4.21. The van der Waals surface area contributed by atoms with Crippen LogP contribution in [-0.4, -0.2) is 31.9 Å². The lowest BCUT2D eigenvalue weighted by Gasteiger charge is -2.37. The van der Waals surface area contributed by atoms with E-state index in [1.165, 1.54) is 9.87 Å². The first-order valence-electron chi connectivity index (χ1n) is 7.70. The van der Waals surface area contributed by atoms with Crippen LogP contribution in [0.5, 0.6) is 0 Å². The van der Waals surface area contributed by atoms with Crippen LogP contribution in [0.2, 0.25) is 0 Å². The molecule has 4 nitrogen and oxygen atoms in total. The number of ether oxygens (including phenoxy) is 1. The Hall–Kier alpha value is -1.69. The maximum atomic E-state index is 12.5. The quantitative estimate of drug-likeness (QED) is 0.846. The van der Waals surface area contributed by atoms with Gasteiger partial charge < -0.3 is 4.74 Å². The Morgan fingerprint density at radius 1 is 1.04 bits per heavy atom. The van der Waals surface area contributed by atoms with Crippen molar-refractivity contribution in [3.05, 3.63) is 65.2 Å². The Morgan fingerprint density at radius 2 is 1.70 bits per heavy atom. The van der Waals surface area contributed by atoms with Crippen molar-refractivity contribution in [3.8, 4) is 0 Å². The second-order valence-corrected chi connectivity index (χ2v) is 7.93. The number of hydrogen-bond acceptors (Lipinski definition) is 3. The summed E-state index contributed by atoms with van der Waals surface area (Å²) in [5.74, 6) is 0. The summed E-state index contributed by atoms with van der Waals surface area (Å²) in [5, 5.41) is 0. The fourth-order valence-corrected chi connectivity index (χ4v) is 4.04. The van der Waals surface area contributed by atoms with Crippen LogP contribution < -0.4 is 0 Å². The molecular weight excluding hydrogens is 310 g/mol. The third kappa shape index (κ3) is 3.47. The van der Waals surface area contributed by atoms with E-state index in [2.05, 4.69) is 0 Å². The summed E-state index contributed by atoms with van der Waals surface area (Å²) < 4.78 is 32.2. The first kappa shape index (κ1) is 16.2. The van der Waals surface area contributed by atoms with E-state index in [-0.39, 0.29) is 6.10 Å². The minimum Gasteiger partial charge on any atom is -0.371 e. The van der Waals surface area contributed by atoms with Crippen LogP contribution in [0.1, 0.15) is 16.7 Å². The molecule has 1 aliphatic rings. The summed E-state index contributed by atoms with van der Waals surface area (Å²) in [6.45, 7) is 5.35. The van der Waals surface area contributed by atoms with Crippen LogP contribution in [0, 0.1) is 13.8 Å². The fraction of sp³-hybridized carbons (Fsp3) is 0.333. The molecule has 0 atom stereocenters. The molecule has 0 amide bonds. The smallest absolute Gasteiger partial charge is 0.243 e. The van der Waals surface area contributed by atoms with Gasteiger partial charge in [0.1, 0.15) is 0 Å². The van der Waals surface area contributed by atoms with E-state index >= 15 is 0 Å². The lowest BCUT2D eigenvalue weighted by Crippen LogP contribution is -2.54. The molecule has 0 spiro atoms. The molecule has 23 heavy (non-hydrogen) atoms. The van der Waals surface area contributed by atoms with Crippen molar-refractivity contribution in [2.24, 2.45) is 0 Å². The zero-order chi connectivity index (χ0) is 16.4. The van der Waals surface area contributed by atoms with E-state index in [1.807, 2.05) is 50.2 Å². The SMILES string of the molecule is Cc1ccc(S(=O)(=O)N2CC(OCc3ccccc3C)C2)cc1. The van der Waals surface area contributed by atoms with Crippen molar-refractivity contribution in [1.29, 1.82) is 0 Å². The average molecular weight is 331 g/mol. The van der Waals surface area contributed by atoms with E-state index in [9.17, 15) is 8.42 Å². The number of benzene rings is 2. The van der Waals surface area contributed by atoms with E-state index in [1.54, 1.807) is 12.1 Å². The van der Waals surface area contributed by atoms with Crippen molar-refractivity contribution in [2.45, 2.75) is 31.5 Å². The van der Waals surface area contributed by atoms with Gasteiger partial charge in [-0.1, -0.05) is 42.0 Å². The zero-order valence-electron chi connectivity index (χ0n) is 13.4. The minimum atomic E-state index is -3.39. The predicted molar refractivity (Wildman–Crippen MR) is 89.7 cm³/mol. The number of rotatable bonds is 5. The van der Waals surface area contributed by atoms with Crippen molar-refractivity contribution >= 4 is 10.0 Å². The Morgan fingerprint density at radius 3 is 2.35 bits per heavy atom. The molecule has 1 saturated heterocycles. The molecule has 122 valence electrons. The van der Waals surface area contributed by atoms with Gasteiger partial charge in [0.05, 0.1) is 17.6 Å². The number of sulfonamides is 1. The lowest BCUT2D eigenvalue weighted by molar-refractivity contribution is -0.0297. The van der Waals surface area contributed by atoms with Crippen LogP contribution in [-0.2, 0) is 21.4 Å².